The molecule has 0 unspecified atom stereocenters. The summed E-state index contributed by atoms with van der Waals surface area (Å²) >= 11 is 0. The number of hydrogen-bond donors (Lipinski definition) is 4. The Kier molecular flexibility index (Phi) is 5.19. The Morgan fingerprint density at radius 1 is 1.41 bits per heavy atom. The van der Waals surface area contributed by atoms with E-state index in [1.54, 1.807) is 6.92 Å². The summed E-state index contributed by atoms with van der Waals surface area (Å²) in [6.07, 6.45) is -2.68. The minimum atomic E-state index is -1.32. The second-order valence-electron chi connectivity index (χ2n) is 4.90. The number of carbonyl (C=O) groups is 2. The van der Waals surface area contributed by atoms with Crippen LogP contribution in [0, 0.1) is 0 Å². The van der Waals surface area contributed by atoms with Crippen molar-refractivity contribution in [1.29, 1.82) is 0 Å². The van der Waals surface area contributed by atoms with E-state index >= 15 is 0 Å². The predicted octanol–water partition coefficient (Wildman–Crippen LogP) is -2.05. The minimum absolute atomic E-state index is 0.210. The van der Waals surface area contributed by atoms with Crippen LogP contribution in [-0.2, 0) is 9.53 Å². The number of aliphatic hydroxyl groups excluding tert-OH is 3. The van der Waals surface area contributed by atoms with Crippen LogP contribution in [-0.4, -0.2) is 66.8 Å². The second kappa shape index (κ2) is 6.92. The van der Waals surface area contributed by atoms with E-state index < -0.39 is 43.0 Å². The lowest BCUT2D eigenvalue weighted by Crippen LogP contribution is -2.33. The maximum atomic E-state index is 11.8. The molecule has 2 rings (SSSR count). The fraction of sp³-hybridized carbons (Fsp3) is 0.667. The van der Waals surface area contributed by atoms with Crippen molar-refractivity contribution in [1.82, 2.24) is 20.1 Å². The first-order chi connectivity index (χ1) is 10.5. The Labute approximate surface area is 125 Å². The Morgan fingerprint density at radius 3 is 2.73 bits per heavy atom. The van der Waals surface area contributed by atoms with Gasteiger partial charge < -0.3 is 20.1 Å². The van der Waals surface area contributed by atoms with Crippen LogP contribution in [0.15, 0.2) is 6.33 Å². The summed E-state index contributed by atoms with van der Waals surface area (Å²) in [6.45, 7) is 1.33. The molecule has 0 spiro atoms. The molecular formula is C12H18N4O6. The molecule has 0 aliphatic carbocycles. The van der Waals surface area contributed by atoms with Crippen LogP contribution in [0.2, 0.25) is 0 Å². The van der Waals surface area contributed by atoms with Crippen LogP contribution in [0.1, 0.15) is 36.6 Å². The molecule has 1 aromatic heterocycles. The van der Waals surface area contributed by atoms with Gasteiger partial charge >= 0.3 is 0 Å². The summed E-state index contributed by atoms with van der Waals surface area (Å²) in [7, 11) is 0. The van der Waals surface area contributed by atoms with Gasteiger partial charge in [0.1, 0.15) is 24.6 Å². The minimum Gasteiger partial charge on any atom is -0.394 e. The molecule has 2 heterocycles. The summed E-state index contributed by atoms with van der Waals surface area (Å²) in [5, 5.41) is 34.5. The lowest BCUT2D eigenvalue weighted by atomic mass is 10.1. The average Bonchev–Trinajstić information content (AvgIpc) is 3.06. The highest BCUT2D eigenvalue weighted by Crippen LogP contribution is 2.28. The first kappa shape index (κ1) is 16.5. The molecule has 4 atom stereocenters. The molecule has 1 aliphatic rings. The van der Waals surface area contributed by atoms with Crippen molar-refractivity contribution in [3.05, 3.63) is 12.2 Å². The Balaban J connectivity index is 2.05. The van der Waals surface area contributed by atoms with Gasteiger partial charge in [-0.25, -0.2) is 9.67 Å². The molecule has 0 radical (unpaired) electrons. The Morgan fingerprint density at radius 2 is 2.14 bits per heavy atom. The molecule has 2 amide bonds. The number of carbonyl (C=O) groups excluding carboxylic acids is 2. The van der Waals surface area contributed by atoms with Crippen molar-refractivity contribution in [2.45, 2.75) is 44.3 Å². The highest BCUT2D eigenvalue weighted by molar-refractivity contribution is 6.02. The Bertz CT molecular complexity index is 547. The van der Waals surface area contributed by atoms with Crippen molar-refractivity contribution < 1.29 is 29.6 Å². The largest absolute Gasteiger partial charge is 0.394 e. The standard InChI is InChI=1S/C12H18N4O6/c1-2-3-7(18)14-11(21)10-13-5-16(15-10)12-9(20)8(19)6(4-17)22-12/h5-6,8-9,12,17,19-20H,2-4H2,1H3,(H,14,18,21)/t6-,8-,9-,12-/m0/s1. The van der Waals surface area contributed by atoms with Gasteiger partial charge in [0.05, 0.1) is 6.61 Å². The SMILES string of the molecule is CCCC(=O)NC(=O)c1ncn([C@H]2O[C@@H](CO)[C@H](O)[C@@H]2O)n1. The van der Waals surface area contributed by atoms with Crippen LogP contribution < -0.4 is 5.32 Å². The van der Waals surface area contributed by atoms with Gasteiger partial charge in [-0.3, -0.25) is 14.9 Å². The zero-order chi connectivity index (χ0) is 16.3. The molecular weight excluding hydrogens is 296 g/mol. The number of nitrogens with zero attached hydrogens (tertiary/aromatic N) is 3. The fourth-order valence-corrected chi connectivity index (χ4v) is 2.07. The third kappa shape index (κ3) is 3.30. The van der Waals surface area contributed by atoms with Gasteiger partial charge in [0.15, 0.2) is 6.23 Å². The third-order valence-corrected chi connectivity index (χ3v) is 3.22. The molecule has 4 N–H and O–H groups in total. The maximum absolute atomic E-state index is 11.8. The monoisotopic (exact) mass is 314 g/mol. The summed E-state index contributed by atoms with van der Waals surface area (Å²) in [6, 6.07) is 0. The molecule has 22 heavy (non-hydrogen) atoms. The van der Waals surface area contributed by atoms with E-state index in [9.17, 15) is 19.8 Å². The van der Waals surface area contributed by atoms with Gasteiger partial charge in [-0.05, 0) is 6.42 Å². The normalized spacial score (nSPS) is 27.8. The van der Waals surface area contributed by atoms with E-state index in [4.69, 9.17) is 9.84 Å². The highest BCUT2D eigenvalue weighted by atomic mass is 16.6. The van der Waals surface area contributed by atoms with E-state index in [2.05, 4.69) is 15.4 Å². The van der Waals surface area contributed by atoms with Crippen molar-refractivity contribution in [3.8, 4) is 0 Å². The third-order valence-electron chi connectivity index (χ3n) is 3.22. The summed E-state index contributed by atoms with van der Waals surface area (Å²) in [4.78, 5) is 26.8. The lowest BCUT2D eigenvalue weighted by Gasteiger charge is -2.13. The molecule has 1 aromatic rings. The fourth-order valence-electron chi connectivity index (χ4n) is 2.07. The van der Waals surface area contributed by atoms with Gasteiger partial charge in [0.25, 0.3) is 5.91 Å². The first-order valence-corrected chi connectivity index (χ1v) is 6.85. The number of ether oxygens (including phenoxy) is 1. The van der Waals surface area contributed by atoms with E-state index in [1.807, 2.05) is 0 Å². The summed E-state index contributed by atoms with van der Waals surface area (Å²) in [5.74, 6) is -1.46. The van der Waals surface area contributed by atoms with Crippen LogP contribution in [0.25, 0.3) is 0 Å². The zero-order valence-electron chi connectivity index (χ0n) is 11.9. The number of amides is 2. The molecule has 10 heteroatoms. The van der Waals surface area contributed by atoms with Gasteiger partial charge in [-0.2, -0.15) is 0 Å². The molecule has 1 fully saturated rings. The quantitative estimate of drug-likeness (QED) is 0.485. The second-order valence-corrected chi connectivity index (χ2v) is 4.90. The number of hydrogen-bond acceptors (Lipinski definition) is 8. The molecule has 0 aromatic carbocycles. The number of aromatic nitrogens is 3. The lowest BCUT2D eigenvalue weighted by molar-refractivity contribution is -0.120. The molecule has 0 saturated carbocycles. The van der Waals surface area contributed by atoms with Crippen molar-refractivity contribution in [2.24, 2.45) is 0 Å². The van der Waals surface area contributed by atoms with Gasteiger partial charge in [0.2, 0.25) is 11.7 Å². The van der Waals surface area contributed by atoms with Gasteiger partial charge in [0, 0.05) is 6.42 Å². The predicted molar refractivity (Wildman–Crippen MR) is 70.4 cm³/mol. The van der Waals surface area contributed by atoms with Gasteiger partial charge in [-0.1, -0.05) is 6.92 Å². The van der Waals surface area contributed by atoms with Crippen molar-refractivity contribution in [3.63, 3.8) is 0 Å². The first-order valence-electron chi connectivity index (χ1n) is 6.85. The molecule has 122 valence electrons. The summed E-state index contributed by atoms with van der Waals surface area (Å²) in [5.41, 5.74) is 0. The molecule has 1 aliphatic heterocycles. The van der Waals surface area contributed by atoms with E-state index in [1.165, 1.54) is 0 Å². The molecule has 0 bridgehead atoms. The number of rotatable bonds is 5. The Hall–Kier alpha value is -1.88. The van der Waals surface area contributed by atoms with Crippen molar-refractivity contribution >= 4 is 11.8 Å². The average molecular weight is 314 g/mol. The van der Waals surface area contributed by atoms with Crippen LogP contribution >= 0.6 is 0 Å². The van der Waals surface area contributed by atoms with E-state index in [-0.39, 0.29) is 12.2 Å². The van der Waals surface area contributed by atoms with Gasteiger partial charge in [-0.15, -0.1) is 5.10 Å². The number of nitrogens with one attached hydrogen (secondary N) is 1. The number of aliphatic hydroxyl groups is 3. The summed E-state index contributed by atoms with van der Waals surface area (Å²) < 4.78 is 6.30. The number of imide groups is 1. The maximum Gasteiger partial charge on any atom is 0.297 e. The zero-order valence-corrected chi connectivity index (χ0v) is 11.9. The smallest absolute Gasteiger partial charge is 0.297 e. The molecule has 1 saturated heterocycles. The molecule has 10 nitrogen and oxygen atoms in total. The van der Waals surface area contributed by atoms with Crippen molar-refractivity contribution in [2.75, 3.05) is 6.61 Å². The van der Waals surface area contributed by atoms with Crippen LogP contribution in [0.4, 0.5) is 0 Å². The topological polar surface area (TPSA) is 147 Å². The van der Waals surface area contributed by atoms with Crippen LogP contribution in [0.5, 0.6) is 0 Å². The highest BCUT2D eigenvalue weighted by Gasteiger charge is 2.44. The van der Waals surface area contributed by atoms with E-state index in [0.29, 0.717) is 6.42 Å². The van der Waals surface area contributed by atoms with Crippen LogP contribution in [0.3, 0.4) is 0 Å². The van der Waals surface area contributed by atoms with E-state index in [0.717, 1.165) is 11.0 Å².